The third kappa shape index (κ3) is 4.63. The van der Waals surface area contributed by atoms with Crippen LogP contribution in [-0.4, -0.2) is 43.9 Å². The van der Waals surface area contributed by atoms with Crippen LogP contribution in [0.2, 0.25) is 0 Å². The minimum Gasteiger partial charge on any atom is -0.342 e. The summed E-state index contributed by atoms with van der Waals surface area (Å²) in [7, 11) is 0. The molecule has 1 saturated heterocycles. The molecule has 3 aromatic rings. The molecule has 1 amide bonds. The Morgan fingerprint density at radius 1 is 1.14 bits per heavy atom. The van der Waals surface area contributed by atoms with Crippen LogP contribution in [0.3, 0.4) is 0 Å². The third-order valence-electron chi connectivity index (χ3n) is 5.28. The summed E-state index contributed by atoms with van der Waals surface area (Å²) in [6.45, 7) is 2.45. The number of carbonyl (C=O) groups is 1. The van der Waals surface area contributed by atoms with Gasteiger partial charge in [-0.15, -0.1) is 5.10 Å². The van der Waals surface area contributed by atoms with Gasteiger partial charge in [0.15, 0.2) is 0 Å². The molecule has 6 heteroatoms. The maximum Gasteiger partial charge on any atom is 0.222 e. The van der Waals surface area contributed by atoms with E-state index in [-0.39, 0.29) is 5.91 Å². The summed E-state index contributed by atoms with van der Waals surface area (Å²) in [5, 5.41) is 8.53. The van der Waals surface area contributed by atoms with E-state index >= 15 is 0 Å². The van der Waals surface area contributed by atoms with Crippen LogP contribution >= 0.6 is 0 Å². The second-order valence-electron chi connectivity index (χ2n) is 7.40. The molecule has 0 N–H and O–H groups in total. The number of benzene rings is 1. The molecular weight excluding hydrogens is 350 g/mol. The fourth-order valence-corrected chi connectivity index (χ4v) is 3.79. The first-order valence-electron chi connectivity index (χ1n) is 9.90. The number of aromatic nitrogens is 4. The predicted octanol–water partition coefficient (Wildman–Crippen LogP) is 3.21. The van der Waals surface area contributed by atoms with Gasteiger partial charge in [-0.3, -0.25) is 14.5 Å². The number of hydrogen-bond donors (Lipinski definition) is 0. The molecule has 1 aliphatic heterocycles. The van der Waals surface area contributed by atoms with E-state index in [4.69, 9.17) is 0 Å². The van der Waals surface area contributed by atoms with Crippen molar-refractivity contribution in [3.8, 4) is 11.3 Å². The standard InChI is InChI=1S/C22H25N5O/c28-22(11-10-18-6-2-1-3-7-18)26-13-5-8-19(15-26)16-27-17-21(24-25-27)20-9-4-12-23-14-20/h1-4,6-7,9,12,14,17,19H,5,8,10-11,13,15-16H2. The van der Waals surface area contributed by atoms with E-state index < -0.39 is 0 Å². The zero-order chi connectivity index (χ0) is 19.2. The Morgan fingerprint density at radius 2 is 2.04 bits per heavy atom. The summed E-state index contributed by atoms with van der Waals surface area (Å²) in [4.78, 5) is 18.8. The first-order chi connectivity index (χ1) is 13.8. The van der Waals surface area contributed by atoms with Gasteiger partial charge in [-0.1, -0.05) is 35.5 Å². The second kappa shape index (κ2) is 8.78. The Bertz CT molecular complexity index is 894. The number of carbonyl (C=O) groups excluding carboxylic acids is 1. The van der Waals surface area contributed by atoms with E-state index in [1.807, 2.05) is 46.1 Å². The lowest BCUT2D eigenvalue weighted by Crippen LogP contribution is -2.41. The van der Waals surface area contributed by atoms with E-state index in [2.05, 4.69) is 27.4 Å². The van der Waals surface area contributed by atoms with Gasteiger partial charge in [-0.25, -0.2) is 0 Å². The van der Waals surface area contributed by atoms with Crippen molar-refractivity contribution in [3.63, 3.8) is 0 Å². The Morgan fingerprint density at radius 3 is 2.86 bits per heavy atom. The molecule has 1 fully saturated rings. The number of likely N-dealkylation sites (tertiary alicyclic amines) is 1. The van der Waals surface area contributed by atoms with Crippen LogP contribution in [0.4, 0.5) is 0 Å². The Kier molecular flexibility index (Phi) is 5.75. The van der Waals surface area contributed by atoms with Crippen molar-refractivity contribution in [3.05, 3.63) is 66.6 Å². The van der Waals surface area contributed by atoms with Gasteiger partial charge < -0.3 is 4.90 Å². The highest BCUT2D eigenvalue weighted by atomic mass is 16.2. The topological polar surface area (TPSA) is 63.9 Å². The molecule has 0 spiro atoms. The molecule has 1 aromatic carbocycles. The van der Waals surface area contributed by atoms with Gasteiger partial charge in [0.05, 0.1) is 6.20 Å². The van der Waals surface area contributed by atoms with Crippen molar-refractivity contribution in [2.75, 3.05) is 13.1 Å². The van der Waals surface area contributed by atoms with Gasteiger partial charge in [0, 0.05) is 44.0 Å². The summed E-state index contributed by atoms with van der Waals surface area (Å²) in [6, 6.07) is 14.1. The number of hydrogen-bond acceptors (Lipinski definition) is 4. The lowest BCUT2D eigenvalue weighted by molar-refractivity contribution is -0.133. The van der Waals surface area contributed by atoms with Crippen molar-refractivity contribution in [2.45, 2.75) is 32.2 Å². The van der Waals surface area contributed by atoms with Gasteiger partial charge in [0.2, 0.25) is 5.91 Å². The molecular formula is C22H25N5O. The van der Waals surface area contributed by atoms with Crippen LogP contribution in [0.5, 0.6) is 0 Å². The summed E-state index contributed by atoms with van der Waals surface area (Å²) in [5.74, 6) is 0.668. The van der Waals surface area contributed by atoms with Crippen LogP contribution in [0.1, 0.15) is 24.8 Å². The summed E-state index contributed by atoms with van der Waals surface area (Å²) < 4.78 is 1.89. The molecule has 2 aromatic heterocycles. The zero-order valence-electron chi connectivity index (χ0n) is 15.9. The second-order valence-corrected chi connectivity index (χ2v) is 7.40. The Balaban J connectivity index is 1.31. The zero-order valence-corrected chi connectivity index (χ0v) is 15.9. The number of amides is 1. The molecule has 1 atom stereocenters. The highest BCUT2D eigenvalue weighted by Crippen LogP contribution is 2.21. The molecule has 1 unspecified atom stereocenters. The normalized spacial score (nSPS) is 16.9. The largest absolute Gasteiger partial charge is 0.342 e. The minimum atomic E-state index is 0.253. The average Bonchev–Trinajstić information content (AvgIpc) is 3.22. The van der Waals surface area contributed by atoms with E-state index in [9.17, 15) is 4.79 Å². The average molecular weight is 375 g/mol. The van der Waals surface area contributed by atoms with Crippen molar-refractivity contribution in [1.29, 1.82) is 0 Å². The molecule has 0 bridgehead atoms. The molecule has 3 heterocycles. The molecule has 0 saturated carbocycles. The number of rotatable bonds is 6. The lowest BCUT2D eigenvalue weighted by Gasteiger charge is -2.32. The van der Waals surface area contributed by atoms with Gasteiger partial charge in [-0.2, -0.15) is 0 Å². The first-order valence-corrected chi connectivity index (χ1v) is 9.90. The van der Waals surface area contributed by atoms with Crippen LogP contribution < -0.4 is 0 Å². The molecule has 1 aliphatic rings. The summed E-state index contributed by atoms with van der Waals surface area (Å²) in [5.41, 5.74) is 3.02. The third-order valence-corrected chi connectivity index (χ3v) is 5.28. The monoisotopic (exact) mass is 375 g/mol. The van der Waals surface area contributed by atoms with Gasteiger partial charge in [0.25, 0.3) is 0 Å². The number of nitrogens with zero attached hydrogens (tertiary/aromatic N) is 5. The SMILES string of the molecule is O=C(CCc1ccccc1)N1CCCC(Cn2cc(-c3cccnc3)nn2)C1. The van der Waals surface area contributed by atoms with E-state index in [1.165, 1.54) is 5.56 Å². The van der Waals surface area contributed by atoms with E-state index in [0.717, 1.165) is 50.2 Å². The van der Waals surface area contributed by atoms with E-state index in [0.29, 0.717) is 12.3 Å². The quantitative estimate of drug-likeness (QED) is 0.664. The van der Waals surface area contributed by atoms with Crippen molar-refractivity contribution >= 4 is 5.91 Å². The van der Waals surface area contributed by atoms with Crippen molar-refractivity contribution in [2.24, 2.45) is 5.92 Å². The summed E-state index contributed by atoms with van der Waals surface area (Å²) in [6.07, 6.45) is 9.05. The number of pyridine rings is 1. The predicted molar refractivity (Wildman–Crippen MR) is 107 cm³/mol. The van der Waals surface area contributed by atoms with Crippen LogP contribution in [-0.2, 0) is 17.8 Å². The maximum atomic E-state index is 12.6. The molecule has 28 heavy (non-hydrogen) atoms. The Labute approximate surface area is 165 Å². The highest BCUT2D eigenvalue weighted by molar-refractivity contribution is 5.76. The fraction of sp³-hybridized carbons (Fsp3) is 0.364. The van der Waals surface area contributed by atoms with Crippen molar-refractivity contribution < 1.29 is 4.79 Å². The van der Waals surface area contributed by atoms with Gasteiger partial charge in [-0.05, 0) is 42.9 Å². The number of aryl methyl sites for hydroxylation is 1. The Hall–Kier alpha value is -3.02. The smallest absolute Gasteiger partial charge is 0.222 e. The van der Waals surface area contributed by atoms with Crippen LogP contribution in [0.25, 0.3) is 11.3 Å². The van der Waals surface area contributed by atoms with Gasteiger partial charge >= 0.3 is 0 Å². The minimum absolute atomic E-state index is 0.253. The molecule has 6 nitrogen and oxygen atoms in total. The molecule has 144 valence electrons. The molecule has 0 radical (unpaired) electrons. The molecule has 0 aliphatic carbocycles. The van der Waals surface area contributed by atoms with E-state index in [1.54, 1.807) is 12.4 Å². The fourth-order valence-electron chi connectivity index (χ4n) is 3.79. The highest BCUT2D eigenvalue weighted by Gasteiger charge is 2.24. The number of piperidine rings is 1. The first kappa shape index (κ1) is 18.3. The molecule has 4 rings (SSSR count). The lowest BCUT2D eigenvalue weighted by atomic mass is 9.97. The van der Waals surface area contributed by atoms with Crippen LogP contribution in [0.15, 0.2) is 61.1 Å². The van der Waals surface area contributed by atoms with Gasteiger partial charge in [0.1, 0.15) is 5.69 Å². The summed E-state index contributed by atoms with van der Waals surface area (Å²) >= 11 is 0. The van der Waals surface area contributed by atoms with Crippen molar-refractivity contribution in [1.82, 2.24) is 24.9 Å². The maximum absolute atomic E-state index is 12.6. The van der Waals surface area contributed by atoms with Crippen LogP contribution in [0, 0.1) is 5.92 Å².